The zero-order valence-electron chi connectivity index (χ0n) is 11.5. The lowest BCUT2D eigenvalue weighted by molar-refractivity contribution is -0.139. The highest BCUT2D eigenvalue weighted by molar-refractivity contribution is 5.75. The van der Waals surface area contributed by atoms with Crippen molar-refractivity contribution in [3.8, 4) is 5.75 Å². The first-order valence-corrected chi connectivity index (χ1v) is 7.01. The quantitative estimate of drug-likeness (QED) is 0.447. The van der Waals surface area contributed by atoms with Crippen molar-refractivity contribution in [2.24, 2.45) is 5.92 Å². The van der Waals surface area contributed by atoms with Crippen molar-refractivity contribution in [3.63, 3.8) is 0 Å². The molecule has 1 aliphatic rings. The molecule has 2 nitrogen and oxygen atoms in total. The van der Waals surface area contributed by atoms with Crippen LogP contribution in [0, 0.1) is 5.92 Å². The molecule has 0 saturated carbocycles. The lowest BCUT2D eigenvalue weighted by atomic mass is 9.94. The molecule has 0 bridgehead atoms. The topological polar surface area (TPSA) is 26.3 Å². The highest BCUT2D eigenvalue weighted by atomic mass is 19.4. The predicted molar refractivity (Wildman–Crippen MR) is 72.8 cm³/mol. The summed E-state index contributed by atoms with van der Waals surface area (Å²) in [6, 6.07) is 4.21. The van der Waals surface area contributed by atoms with Gasteiger partial charge in [0.1, 0.15) is 5.75 Å². The highest BCUT2D eigenvalue weighted by Gasteiger charge is 2.30. The number of carbonyl (C=O) groups is 1. The standard InChI is InChI=1S/C16H17F3O2/c17-16(18,19)13-8-10-14(11-9-13)21-15(20)12-6-4-2-1-3-5-7-12/h1-2,8-12H,3-7H2/b2-1-. The number of benzene rings is 1. The van der Waals surface area contributed by atoms with Crippen LogP contribution in [-0.2, 0) is 11.0 Å². The molecule has 114 valence electrons. The average molecular weight is 298 g/mol. The van der Waals surface area contributed by atoms with Crippen LogP contribution in [0.4, 0.5) is 13.2 Å². The predicted octanol–water partition coefficient (Wildman–Crippen LogP) is 4.75. The fourth-order valence-electron chi connectivity index (χ4n) is 2.31. The number of esters is 1. The van der Waals surface area contributed by atoms with E-state index in [1.54, 1.807) is 0 Å². The molecule has 1 aromatic rings. The number of hydrogen-bond acceptors (Lipinski definition) is 2. The van der Waals surface area contributed by atoms with Gasteiger partial charge in [-0.3, -0.25) is 4.79 Å². The Morgan fingerprint density at radius 1 is 1.05 bits per heavy atom. The first kappa shape index (κ1) is 15.6. The minimum atomic E-state index is -4.38. The van der Waals surface area contributed by atoms with Gasteiger partial charge in [-0.15, -0.1) is 0 Å². The zero-order valence-corrected chi connectivity index (χ0v) is 11.5. The van der Waals surface area contributed by atoms with Crippen molar-refractivity contribution >= 4 is 5.97 Å². The second-order valence-corrected chi connectivity index (χ2v) is 5.12. The zero-order chi connectivity index (χ0) is 15.3. The maximum atomic E-state index is 12.4. The van der Waals surface area contributed by atoms with Gasteiger partial charge < -0.3 is 4.74 Å². The van der Waals surface area contributed by atoms with E-state index in [1.165, 1.54) is 12.1 Å². The molecule has 1 atom stereocenters. The van der Waals surface area contributed by atoms with E-state index in [0.29, 0.717) is 0 Å². The van der Waals surface area contributed by atoms with E-state index in [4.69, 9.17) is 4.74 Å². The Labute approximate surface area is 121 Å². The monoisotopic (exact) mass is 298 g/mol. The highest BCUT2D eigenvalue weighted by Crippen LogP contribution is 2.30. The number of carbonyl (C=O) groups excluding carboxylic acids is 1. The van der Waals surface area contributed by atoms with Gasteiger partial charge in [0.25, 0.3) is 0 Å². The number of ether oxygens (including phenoxy) is 1. The van der Waals surface area contributed by atoms with Crippen LogP contribution in [0.25, 0.3) is 0 Å². The Kier molecular flexibility index (Phi) is 5.04. The van der Waals surface area contributed by atoms with E-state index in [-0.39, 0.29) is 17.6 Å². The number of alkyl halides is 3. The molecular weight excluding hydrogens is 281 g/mol. The summed E-state index contributed by atoms with van der Waals surface area (Å²) in [5.41, 5.74) is -0.751. The third-order valence-corrected chi connectivity index (χ3v) is 3.51. The minimum Gasteiger partial charge on any atom is -0.426 e. The average Bonchev–Trinajstić information content (AvgIpc) is 2.37. The largest absolute Gasteiger partial charge is 0.426 e. The van der Waals surface area contributed by atoms with Gasteiger partial charge in [-0.1, -0.05) is 12.2 Å². The Morgan fingerprint density at radius 2 is 1.71 bits per heavy atom. The Balaban J connectivity index is 1.97. The molecule has 1 aromatic carbocycles. The second-order valence-electron chi connectivity index (χ2n) is 5.12. The van der Waals surface area contributed by atoms with Gasteiger partial charge >= 0.3 is 12.1 Å². The van der Waals surface area contributed by atoms with E-state index in [1.807, 2.05) is 0 Å². The summed E-state index contributed by atoms with van der Waals surface area (Å²) in [6.45, 7) is 0. The number of halogens is 3. The third-order valence-electron chi connectivity index (χ3n) is 3.51. The first-order chi connectivity index (χ1) is 9.97. The van der Waals surface area contributed by atoms with Crippen LogP contribution in [0.3, 0.4) is 0 Å². The first-order valence-electron chi connectivity index (χ1n) is 7.01. The minimum absolute atomic E-state index is 0.158. The van der Waals surface area contributed by atoms with Crippen molar-refractivity contribution in [1.29, 1.82) is 0 Å². The molecule has 0 aromatic heterocycles. The summed E-state index contributed by atoms with van der Waals surface area (Å²) >= 11 is 0. The van der Waals surface area contributed by atoms with Gasteiger partial charge in [-0.25, -0.2) is 0 Å². The molecule has 2 rings (SSSR count). The molecule has 0 aliphatic heterocycles. The van der Waals surface area contributed by atoms with Crippen LogP contribution in [0.15, 0.2) is 36.4 Å². The second kappa shape index (κ2) is 6.78. The third kappa shape index (κ3) is 4.62. The molecule has 0 heterocycles. The number of hydrogen-bond donors (Lipinski definition) is 0. The van der Waals surface area contributed by atoms with Crippen LogP contribution >= 0.6 is 0 Å². The van der Waals surface area contributed by atoms with Crippen LogP contribution in [-0.4, -0.2) is 5.97 Å². The van der Waals surface area contributed by atoms with Crippen molar-refractivity contribution < 1.29 is 22.7 Å². The normalized spacial score (nSPS) is 21.2. The van der Waals surface area contributed by atoms with Crippen LogP contribution in [0.5, 0.6) is 5.75 Å². The molecule has 1 aliphatic carbocycles. The Morgan fingerprint density at radius 3 is 2.38 bits per heavy atom. The van der Waals surface area contributed by atoms with Crippen molar-refractivity contribution in [3.05, 3.63) is 42.0 Å². The van der Waals surface area contributed by atoms with Gasteiger partial charge in [0.2, 0.25) is 0 Å². The molecule has 0 fully saturated rings. The van der Waals surface area contributed by atoms with Crippen molar-refractivity contribution in [2.75, 3.05) is 0 Å². The van der Waals surface area contributed by atoms with E-state index in [9.17, 15) is 18.0 Å². The molecule has 21 heavy (non-hydrogen) atoms. The smallest absolute Gasteiger partial charge is 0.416 e. The van der Waals surface area contributed by atoms with Gasteiger partial charge in [-0.2, -0.15) is 13.2 Å². The maximum Gasteiger partial charge on any atom is 0.416 e. The Hall–Kier alpha value is -1.78. The SMILES string of the molecule is O=C(Oc1ccc(C(F)(F)F)cc1)C1CC/C=C\CCC1. The molecule has 5 heteroatoms. The van der Waals surface area contributed by atoms with Crippen molar-refractivity contribution in [1.82, 2.24) is 0 Å². The van der Waals surface area contributed by atoms with E-state index < -0.39 is 11.7 Å². The summed E-state index contributed by atoms with van der Waals surface area (Å²) in [7, 11) is 0. The molecule has 0 N–H and O–H groups in total. The Bertz CT molecular complexity index is 503. The summed E-state index contributed by atoms with van der Waals surface area (Å²) in [5.74, 6) is -0.382. The fourth-order valence-corrected chi connectivity index (χ4v) is 2.31. The lowest BCUT2D eigenvalue weighted by Gasteiger charge is -2.16. The van der Waals surface area contributed by atoms with E-state index in [2.05, 4.69) is 12.2 Å². The summed E-state index contributed by atoms with van der Waals surface area (Å²) in [4.78, 5) is 12.0. The molecule has 0 spiro atoms. The number of rotatable bonds is 2. The lowest BCUT2D eigenvalue weighted by Crippen LogP contribution is -2.21. The van der Waals surface area contributed by atoms with Gasteiger partial charge in [-0.05, 0) is 56.4 Å². The van der Waals surface area contributed by atoms with Crippen LogP contribution < -0.4 is 4.74 Å². The summed E-state index contributed by atoms with van der Waals surface area (Å²) in [6.07, 6.45) is 3.95. The van der Waals surface area contributed by atoms with Gasteiger partial charge in [0, 0.05) is 0 Å². The summed E-state index contributed by atoms with van der Waals surface area (Å²) in [5, 5.41) is 0. The van der Waals surface area contributed by atoms with E-state index >= 15 is 0 Å². The molecular formula is C16H17F3O2. The van der Waals surface area contributed by atoms with Crippen molar-refractivity contribution in [2.45, 2.75) is 38.3 Å². The van der Waals surface area contributed by atoms with Gasteiger partial charge in [0.05, 0.1) is 11.5 Å². The van der Waals surface area contributed by atoms with Crippen LogP contribution in [0.2, 0.25) is 0 Å². The number of allylic oxidation sites excluding steroid dienone is 2. The molecule has 0 saturated heterocycles. The maximum absolute atomic E-state index is 12.4. The fraction of sp³-hybridized carbons (Fsp3) is 0.438. The van der Waals surface area contributed by atoms with Gasteiger partial charge in [0.15, 0.2) is 0 Å². The van der Waals surface area contributed by atoms with E-state index in [0.717, 1.165) is 44.2 Å². The van der Waals surface area contributed by atoms with Crippen LogP contribution in [0.1, 0.15) is 37.7 Å². The molecule has 1 unspecified atom stereocenters. The summed E-state index contributed by atoms with van der Waals surface area (Å²) < 4.78 is 42.5. The molecule has 0 amide bonds. The molecule has 0 radical (unpaired) electrons.